The molecule has 1 spiro atoms. The fraction of sp³-hybridized carbons (Fsp3) is 0.134. The largest absolute Gasteiger partial charge is 0.311 e. The molecule has 12 rings (SSSR count). The zero-order valence-corrected chi connectivity index (χ0v) is 44.4. The summed E-state index contributed by atoms with van der Waals surface area (Å²) in [7, 11) is -2.31. The monoisotopic (exact) mass is 983 g/mol. The highest BCUT2D eigenvalue weighted by atomic mass is 28.3. The van der Waals surface area contributed by atoms with Gasteiger partial charge >= 0.3 is 0 Å². The van der Waals surface area contributed by atoms with Crippen molar-refractivity contribution >= 4 is 82.8 Å². The first-order valence-corrected chi connectivity index (χ1v) is 31.6. The summed E-state index contributed by atoms with van der Waals surface area (Å²) in [6.07, 6.45) is 6.73. The van der Waals surface area contributed by atoms with Gasteiger partial charge in [0.2, 0.25) is 0 Å². The quantitative estimate of drug-likeness (QED) is 0.0765. The summed E-state index contributed by atoms with van der Waals surface area (Å²) in [6, 6.07) is 68.4. The third-order valence-corrected chi connectivity index (χ3v) is 20.2. The van der Waals surface area contributed by atoms with Crippen molar-refractivity contribution in [3.63, 3.8) is 0 Å². The standard InChI is InChI=1S/C67H57F2N2Si2/c1-8-15-49(38-43(2)73(5,6)7)71(47-28-24-45(69)25-29-47)51-33-37-59-58-36-32-50(70(46-26-22-44(68)23-27-46)48-30-34-52(35-31-48)72(3)4)39-64(58)67(65(59)40-51)63-21-14-13-20-57(63)62-41-60-55-18-11-9-16-53(55)54-17-10-12-19-56(54)61(60)42-66(62)67/h8-43H,1-7H3/b15-8-,49-38+. The lowest BCUT2D eigenvalue weighted by Crippen LogP contribution is -2.27. The SMILES string of the molecule is C/C=C\C(=C/C(C)[Si](C)(C)C)N(c1ccc(F)cc1)c1ccc2c(c1)C1(c3ccccc3-c3cc4c5ccccc5c5ccccc5c4cc31)c1cc(N(c3ccc(F)cc3)c3ccc([Si](C)C)cc3)ccc1-2. The van der Waals surface area contributed by atoms with Crippen LogP contribution >= 0.6 is 0 Å². The molecular weight excluding hydrogens is 927 g/mol. The molecule has 2 aliphatic rings. The lowest BCUT2D eigenvalue weighted by atomic mass is 9.70. The Labute approximate surface area is 430 Å². The fourth-order valence-corrected chi connectivity index (χ4v) is 13.2. The molecule has 0 aliphatic heterocycles. The van der Waals surface area contributed by atoms with Gasteiger partial charge in [-0.05, 0) is 192 Å². The van der Waals surface area contributed by atoms with Crippen molar-refractivity contribution in [2.45, 2.75) is 57.5 Å². The summed E-state index contributed by atoms with van der Waals surface area (Å²) in [4.78, 5) is 4.59. The van der Waals surface area contributed by atoms with E-state index in [0.29, 0.717) is 5.54 Å². The Bertz CT molecular complexity index is 3870. The van der Waals surface area contributed by atoms with E-state index in [1.54, 1.807) is 24.3 Å². The van der Waals surface area contributed by atoms with Crippen molar-refractivity contribution in [2.24, 2.45) is 0 Å². The number of hydrogen-bond acceptors (Lipinski definition) is 2. The van der Waals surface area contributed by atoms with Crippen LogP contribution in [-0.2, 0) is 5.41 Å². The summed E-state index contributed by atoms with van der Waals surface area (Å²) in [6.45, 7) is 16.3. The van der Waals surface area contributed by atoms with Gasteiger partial charge in [0.25, 0.3) is 0 Å². The summed E-state index contributed by atoms with van der Waals surface area (Å²) >= 11 is 0. The molecule has 0 aromatic heterocycles. The van der Waals surface area contributed by atoms with Gasteiger partial charge in [0, 0.05) is 34.1 Å². The Hall–Kier alpha value is -7.65. The normalized spacial score (nSPS) is 15.3. The van der Waals surface area contributed by atoms with E-state index in [0.717, 1.165) is 34.1 Å². The molecule has 0 bridgehead atoms. The van der Waals surface area contributed by atoms with Crippen LogP contribution in [0.1, 0.15) is 36.1 Å². The highest BCUT2D eigenvalue weighted by molar-refractivity contribution is 6.78. The van der Waals surface area contributed by atoms with E-state index in [9.17, 15) is 8.78 Å². The first-order valence-electron chi connectivity index (χ1n) is 25.5. The number of anilines is 5. The molecule has 2 atom stereocenters. The Morgan fingerprint density at radius 1 is 0.479 bits per heavy atom. The molecule has 10 aromatic carbocycles. The van der Waals surface area contributed by atoms with Gasteiger partial charge in [-0.25, -0.2) is 8.78 Å². The second-order valence-corrected chi connectivity index (χ2v) is 29.4. The molecule has 2 nitrogen and oxygen atoms in total. The molecule has 0 heterocycles. The van der Waals surface area contributed by atoms with Gasteiger partial charge in [0.15, 0.2) is 0 Å². The Morgan fingerprint density at radius 3 is 1.49 bits per heavy atom. The number of nitrogens with zero attached hydrogens (tertiary/aromatic N) is 2. The second-order valence-electron chi connectivity index (χ2n) is 21.2. The third-order valence-electron chi connectivity index (χ3n) is 15.8. The molecule has 6 heteroatoms. The Kier molecular flexibility index (Phi) is 11.3. The average molecular weight is 984 g/mol. The molecule has 0 fully saturated rings. The molecular formula is C67H57F2N2Si2. The number of benzene rings is 10. The highest BCUT2D eigenvalue weighted by Crippen LogP contribution is 2.65. The molecule has 2 aliphatic carbocycles. The van der Waals surface area contributed by atoms with Gasteiger partial charge in [-0.3, -0.25) is 0 Å². The van der Waals surface area contributed by atoms with Gasteiger partial charge < -0.3 is 9.80 Å². The van der Waals surface area contributed by atoms with Crippen molar-refractivity contribution in [3.05, 3.63) is 252 Å². The zero-order chi connectivity index (χ0) is 50.3. The predicted molar refractivity (Wildman–Crippen MR) is 311 cm³/mol. The molecule has 73 heavy (non-hydrogen) atoms. The van der Waals surface area contributed by atoms with E-state index in [4.69, 9.17) is 0 Å². The maximum absolute atomic E-state index is 14.9. The molecule has 10 aromatic rings. The molecule has 1 radical (unpaired) electrons. The summed E-state index contributed by atoms with van der Waals surface area (Å²) in [5.41, 5.74) is 15.0. The molecule has 0 saturated carbocycles. The van der Waals surface area contributed by atoms with Crippen molar-refractivity contribution in [2.75, 3.05) is 9.80 Å². The highest BCUT2D eigenvalue weighted by Gasteiger charge is 2.52. The minimum Gasteiger partial charge on any atom is -0.311 e. The van der Waals surface area contributed by atoms with Crippen LogP contribution < -0.4 is 15.0 Å². The van der Waals surface area contributed by atoms with E-state index in [1.165, 1.54) is 82.0 Å². The smallest absolute Gasteiger partial charge is 0.123 e. The van der Waals surface area contributed by atoms with Crippen LogP contribution in [0.25, 0.3) is 54.6 Å². The topological polar surface area (TPSA) is 6.48 Å². The van der Waals surface area contributed by atoms with Crippen LogP contribution in [0.5, 0.6) is 0 Å². The van der Waals surface area contributed by atoms with Crippen LogP contribution in [-0.4, -0.2) is 16.9 Å². The van der Waals surface area contributed by atoms with Crippen molar-refractivity contribution in [1.82, 2.24) is 0 Å². The van der Waals surface area contributed by atoms with Gasteiger partial charge in [0.1, 0.15) is 11.6 Å². The summed E-state index contributed by atoms with van der Waals surface area (Å²) in [5.74, 6) is -0.542. The first-order chi connectivity index (χ1) is 35.3. The van der Waals surface area contributed by atoms with Crippen LogP contribution in [0.15, 0.2) is 218 Å². The molecule has 357 valence electrons. The van der Waals surface area contributed by atoms with E-state index in [-0.39, 0.29) is 11.6 Å². The maximum Gasteiger partial charge on any atom is 0.123 e. The number of rotatable bonds is 10. The van der Waals surface area contributed by atoms with Gasteiger partial charge in [-0.1, -0.05) is 154 Å². The van der Waals surface area contributed by atoms with Gasteiger partial charge in [-0.15, -0.1) is 0 Å². The number of allylic oxidation sites excluding steroid dienone is 3. The van der Waals surface area contributed by atoms with Crippen LogP contribution in [0.2, 0.25) is 38.3 Å². The van der Waals surface area contributed by atoms with E-state index in [1.807, 2.05) is 24.3 Å². The minimum absolute atomic E-state index is 0.270. The average Bonchev–Trinajstić information content (AvgIpc) is 3.88. The molecule has 0 N–H and O–H groups in total. The van der Waals surface area contributed by atoms with E-state index in [2.05, 4.69) is 220 Å². The van der Waals surface area contributed by atoms with Crippen molar-refractivity contribution in [3.8, 4) is 22.3 Å². The fourth-order valence-electron chi connectivity index (χ4n) is 11.7. The molecule has 0 amide bonds. The Balaban J connectivity index is 1.19. The predicted octanol–water partition coefficient (Wildman–Crippen LogP) is 18.5. The van der Waals surface area contributed by atoms with Crippen LogP contribution in [0, 0.1) is 11.6 Å². The van der Waals surface area contributed by atoms with Gasteiger partial charge in [0.05, 0.1) is 22.3 Å². The number of hydrogen-bond donors (Lipinski definition) is 0. The number of halogens is 2. The van der Waals surface area contributed by atoms with Gasteiger partial charge in [-0.2, -0.15) is 0 Å². The maximum atomic E-state index is 14.9. The molecule has 0 saturated heterocycles. The van der Waals surface area contributed by atoms with Crippen molar-refractivity contribution in [1.29, 1.82) is 0 Å². The Morgan fingerprint density at radius 2 is 0.932 bits per heavy atom. The van der Waals surface area contributed by atoms with Crippen LogP contribution in [0.4, 0.5) is 37.2 Å². The summed E-state index contributed by atoms with van der Waals surface area (Å²) in [5, 5.41) is 8.75. The second kappa shape index (κ2) is 17.8. The lowest BCUT2D eigenvalue weighted by Gasteiger charge is -2.34. The third kappa shape index (κ3) is 7.52. The number of fused-ring (bicyclic) bond motifs is 16. The first kappa shape index (κ1) is 46.4. The minimum atomic E-state index is -1.63. The van der Waals surface area contributed by atoms with E-state index >= 15 is 0 Å². The summed E-state index contributed by atoms with van der Waals surface area (Å²) < 4.78 is 29.7. The zero-order valence-electron chi connectivity index (χ0n) is 42.4. The van der Waals surface area contributed by atoms with E-state index < -0.39 is 22.3 Å². The van der Waals surface area contributed by atoms with Crippen LogP contribution in [0.3, 0.4) is 0 Å². The lowest BCUT2D eigenvalue weighted by molar-refractivity contribution is 0.627. The molecule has 2 unspecified atom stereocenters. The van der Waals surface area contributed by atoms with Crippen molar-refractivity contribution < 1.29 is 8.78 Å².